The summed E-state index contributed by atoms with van der Waals surface area (Å²) < 4.78 is 42.9. The highest BCUT2D eigenvalue weighted by Gasteiger charge is 2.18. The van der Waals surface area contributed by atoms with E-state index in [1.54, 1.807) is 12.1 Å². The minimum Gasteiger partial charge on any atom is -0.371 e. The van der Waals surface area contributed by atoms with Crippen molar-refractivity contribution in [3.8, 4) is 0 Å². The fraction of sp³-hybridized carbons (Fsp3) is 0.0714. The van der Waals surface area contributed by atoms with Crippen molar-refractivity contribution in [3.63, 3.8) is 0 Å². The largest absolute Gasteiger partial charge is 0.371 e. The predicted octanol–water partition coefficient (Wildman–Crippen LogP) is 4.10. The van der Waals surface area contributed by atoms with Crippen molar-refractivity contribution >= 4 is 45.2 Å². The van der Waals surface area contributed by atoms with Gasteiger partial charge in [-0.05, 0) is 40.0 Å². The van der Waals surface area contributed by atoms with Crippen LogP contribution in [0.4, 0.5) is 24.5 Å². The van der Waals surface area contributed by atoms with E-state index in [2.05, 4.69) is 31.3 Å². The second kappa shape index (κ2) is 6.42. The van der Waals surface area contributed by atoms with Crippen molar-refractivity contribution in [1.82, 2.24) is 4.72 Å². The van der Waals surface area contributed by atoms with E-state index in [4.69, 9.17) is 0 Å². The third-order valence-corrected chi connectivity index (χ3v) is 4.59. The van der Waals surface area contributed by atoms with Crippen molar-refractivity contribution in [1.29, 1.82) is 0 Å². The molecule has 1 aliphatic rings. The minimum atomic E-state index is -1.58. The molecule has 0 aliphatic carbocycles. The molecule has 120 valence electrons. The molecule has 2 aromatic carbocycles. The topological polar surface area (TPSA) is 53.2 Å². The first-order valence-corrected chi connectivity index (χ1v) is 7.99. The average molecular weight is 404 g/mol. The van der Waals surface area contributed by atoms with E-state index < -0.39 is 23.4 Å². The highest BCUT2D eigenvalue weighted by Crippen LogP contribution is 2.34. The number of hydrogen-bond acceptors (Lipinski definition) is 4. The Morgan fingerprint density at radius 2 is 1.87 bits per heavy atom. The smallest absolute Gasteiger partial charge is 0.256 e. The Morgan fingerprint density at radius 1 is 1.17 bits per heavy atom. The van der Waals surface area contributed by atoms with Crippen LogP contribution in [0.1, 0.15) is 10.4 Å². The lowest BCUT2D eigenvalue weighted by Gasteiger charge is -2.19. The molecule has 4 nitrogen and oxygen atoms in total. The second-order valence-electron chi connectivity index (χ2n) is 4.64. The maximum Gasteiger partial charge on any atom is 0.256 e. The van der Waals surface area contributed by atoms with Crippen molar-refractivity contribution in [2.75, 3.05) is 17.3 Å². The van der Waals surface area contributed by atoms with Crippen LogP contribution in [-0.4, -0.2) is 12.6 Å². The zero-order chi connectivity index (χ0) is 16.6. The highest BCUT2D eigenvalue weighted by molar-refractivity contribution is 9.10. The Morgan fingerprint density at radius 3 is 2.57 bits per heavy atom. The fourth-order valence-corrected chi connectivity index (χ4v) is 3.26. The molecule has 9 heteroatoms. The van der Waals surface area contributed by atoms with Crippen LogP contribution in [0.3, 0.4) is 0 Å². The number of hydrogen-bond donors (Lipinski definition) is 3. The third kappa shape index (κ3) is 3.31. The number of fused-ring (bicyclic) bond motifs is 1. The van der Waals surface area contributed by atoms with E-state index in [-0.39, 0.29) is 11.3 Å². The number of benzene rings is 2. The lowest BCUT2D eigenvalue weighted by molar-refractivity contribution is 0.102. The van der Waals surface area contributed by atoms with Gasteiger partial charge in [-0.1, -0.05) is 0 Å². The van der Waals surface area contributed by atoms with Gasteiger partial charge in [0.15, 0.2) is 17.5 Å². The van der Waals surface area contributed by atoms with Gasteiger partial charge in [0.2, 0.25) is 0 Å². The first kappa shape index (κ1) is 16.2. The van der Waals surface area contributed by atoms with E-state index in [9.17, 15) is 18.0 Å². The zero-order valence-corrected chi connectivity index (χ0v) is 13.7. The molecule has 2 aromatic rings. The second-order valence-corrected chi connectivity index (χ2v) is 6.42. The molecule has 0 saturated heterocycles. The van der Waals surface area contributed by atoms with Crippen LogP contribution in [0, 0.1) is 17.5 Å². The van der Waals surface area contributed by atoms with Crippen molar-refractivity contribution in [2.24, 2.45) is 0 Å². The molecular formula is C14H9BrF3N3OS. The molecule has 0 unspecified atom stereocenters. The van der Waals surface area contributed by atoms with E-state index >= 15 is 0 Å². The summed E-state index contributed by atoms with van der Waals surface area (Å²) >= 11 is 4.65. The monoisotopic (exact) mass is 403 g/mol. The molecule has 1 aliphatic heterocycles. The van der Waals surface area contributed by atoms with Gasteiger partial charge in [0.1, 0.15) is 0 Å². The number of halogens is 4. The first-order valence-electron chi connectivity index (χ1n) is 6.38. The summed E-state index contributed by atoms with van der Waals surface area (Å²) in [7, 11) is 0. The molecule has 23 heavy (non-hydrogen) atoms. The SMILES string of the molecule is O=C(Nc1cc(F)c(F)c(F)c1)c1cc2c(cc1Br)NCNS2. The summed E-state index contributed by atoms with van der Waals surface area (Å²) in [4.78, 5) is 13.1. The van der Waals surface area contributed by atoms with Crippen molar-refractivity contribution in [3.05, 3.63) is 51.8 Å². The lowest BCUT2D eigenvalue weighted by atomic mass is 10.1. The Bertz CT molecular complexity index is 780. The standard InChI is InChI=1S/C14H9BrF3N3OS/c15-8-4-11-12(23-20-5-19-11)3-7(8)14(22)21-6-1-9(16)13(18)10(17)2-6/h1-4,19-20H,5H2,(H,21,22). The summed E-state index contributed by atoms with van der Waals surface area (Å²) in [5, 5.41) is 5.45. The average Bonchev–Trinajstić information content (AvgIpc) is 2.51. The number of carbonyl (C=O) groups excluding carboxylic acids is 1. The molecule has 0 spiro atoms. The molecule has 0 fully saturated rings. The molecule has 0 radical (unpaired) electrons. The van der Waals surface area contributed by atoms with E-state index in [0.29, 0.717) is 11.1 Å². The normalized spacial score (nSPS) is 13.2. The molecule has 1 amide bonds. The van der Waals surface area contributed by atoms with Crippen LogP contribution >= 0.6 is 27.9 Å². The van der Waals surface area contributed by atoms with Gasteiger partial charge >= 0.3 is 0 Å². The van der Waals surface area contributed by atoms with E-state index in [0.717, 1.165) is 22.7 Å². The number of rotatable bonds is 2. The molecule has 0 saturated carbocycles. The van der Waals surface area contributed by atoms with Gasteiger partial charge in [0.05, 0.1) is 17.9 Å². The minimum absolute atomic E-state index is 0.167. The molecule has 1 heterocycles. The Kier molecular flexibility index (Phi) is 4.51. The van der Waals surface area contributed by atoms with Crippen LogP contribution in [0.5, 0.6) is 0 Å². The fourth-order valence-electron chi connectivity index (χ4n) is 2.02. The molecular weight excluding hydrogens is 395 g/mol. The van der Waals surface area contributed by atoms with Gasteiger partial charge in [0.25, 0.3) is 5.91 Å². The Balaban J connectivity index is 1.89. The van der Waals surface area contributed by atoms with Crippen LogP contribution in [0.25, 0.3) is 0 Å². The summed E-state index contributed by atoms with van der Waals surface area (Å²) in [6.45, 7) is 0.587. The van der Waals surface area contributed by atoms with Gasteiger partial charge in [-0.25, -0.2) is 17.9 Å². The van der Waals surface area contributed by atoms with Gasteiger partial charge in [-0.15, -0.1) is 0 Å². The van der Waals surface area contributed by atoms with Crippen LogP contribution in [0.15, 0.2) is 33.6 Å². The summed E-state index contributed by atoms with van der Waals surface area (Å²) in [6, 6.07) is 4.82. The number of nitrogens with one attached hydrogen (secondary N) is 3. The summed E-state index contributed by atoms with van der Waals surface area (Å²) in [5.74, 6) is -4.88. The molecule has 3 N–H and O–H groups in total. The maximum absolute atomic E-state index is 13.2. The van der Waals surface area contributed by atoms with Gasteiger partial charge in [-0.3, -0.25) is 4.79 Å². The van der Waals surface area contributed by atoms with Gasteiger partial charge < -0.3 is 10.6 Å². The number of anilines is 2. The Labute approximate surface area is 142 Å². The first-order chi connectivity index (χ1) is 11.0. The lowest BCUT2D eigenvalue weighted by Crippen LogP contribution is -2.21. The van der Waals surface area contributed by atoms with E-state index in [1.807, 2.05) is 0 Å². The predicted molar refractivity (Wildman–Crippen MR) is 85.9 cm³/mol. The molecule has 0 aromatic heterocycles. The molecule has 3 rings (SSSR count). The number of carbonyl (C=O) groups is 1. The summed E-state index contributed by atoms with van der Waals surface area (Å²) in [5.41, 5.74) is 0.975. The molecule has 0 bridgehead atoms. The Hall–Kier alpha value is -1.71. The van der Waals surface area contributed by atoms with Crippen LogP contribution < -0.4 is 15.4 Å². The molecule has 0 atom stereocenters. The van der Waals surface area contributed by atoms with Crippen LogP contribution in [0.2, 0.25) is 0 Å². The zero-order valence-electron chi connectivity index (χ0n) is 11.3. The summed E-state index contributed by atoms with van der Waals surface area (Å²) in [6.07, 6.45) is 0. The maximum atomic E-state index is 13.2. The number of amides is 1. The van der Waals surface area contributed by atoms with Crippen LogP contribution in [-0.2, 0) is 0 Å². The highest BCUT2D eigenvalue weighted by atomic mass is 79.9. The third-order valence-electron chi connectivity index (χ3n) is 3.09. The van der Waals surface area contributed by atoms with Crippen molar-refractivity contribution < 1.29 is 18.0 Å². The van der Waals surface area contributed by atoms with E-state index in [1.165, 1.54) is 11.9 Å². The van der Waals surface area contributed by atoms with Gasteiger partial charge in [-0.2, -0.15) is 0 Å². The van der Waals surface area contributed by atoms with Gasteiger partial charge in [0, 0.05) is 27.2 Å². The quantitative estimate of drug-likeness (QED) is 0.521. The van der Waals surface area contributed by atoms with Crippen molar-refractivity contribution in [2.45, 2.75) is 4.90 Å².